The molecule has 112 valence electrons. The Balaban J connectivity index is 2.01. The lowest BCUT2D eigenvalue weighted by Gasteiger charge is -2.09. The number of nitrogens with two attached hydrogens (primary N) is 1. The van der Waals surface area contributed by atoms with E-state index in [4.69, 9.17) is 10.5 Å². The summed E-state index contributed by atoms with van der Waals surface area (Å²) in [5, 5.41) is 4.39. The van der Waals surface area contributed by atoms with Gasteiger partial charge in [0.25, 0.3) is 0 Å². The highest BCUT2D eigenvalue weighted by atomic mass is 16.5. The summed E-state index contributed by atoms with van der Waals surface area (Å²) in [6, 6.07) is 7.52. The molecule has 0 spiro atoms. The van der Waals surface area contributed by atoms with Crippen molar-refractivity contribution in [1.29, 1.82) is 0 Å². The molecule has 1 heterocycles. The predicted molar refractivity (Wildman–Crippen MR) is 81.9 cm³/mol. The van der Waals surface area contributed by atoms with Gasteiger partial charge in [-0.25, -0.2) is 4.79 Å². The number of para-hydroxylation sites is 1. The topological polar surface area (TPSA) is 70.1 Å². The molecule has 2 rings (SSSR count). The molecule has 21 heavy (non-hydrogen) atoms. The zero-order valence-electron chi connectivity index (χ0n) is 12.7. The van der Waals surface area contributed by atoms with Crippen molar-refractivity contribution in [3.63, 3.8) is 0 Å². The van der Waals surface area contributed by atoms with Crippen molar-refractivity contribution >= 4 is 11.7 Å². The third kappa shape index (κ3) is 3.42. The zero-order valence-corrected chi connectivity index (χ0v) is 12.7. The number of esters is 1. The van der Waals surface area contributed by atoms with Crippen LogP contribution in [0.25, 0.3) is 0 Å². The number of carbonyl (C=O) groups is 1. The molecule has 2 aromatic rings. The average Bonchev–Trinajstić information content (AvgIpc) is 2.95. The van der Waals surface area contributed by atoms with E-state index in [9.17, 15) is 4.79 Å². The molecular formula is C16H21N3O2. The molecule has 1 aromatic heterocycles. The summed E-state index contributed by atoms with van der Waals surface area (Å²) < 4.78 is 7.16. The molecule has 2 N–H and O–H groups in total. The third-order valence-corrected chi connectivity index (χ3v) is 3.60. The molecule has 0 aliphatic carbocycles. The number of anilines is 1. The lowest BCUT2D eigenvalue weighted by atomic mass is 10.1. The Bertz CT molecular complexity index is 634. The molecule has 0 bridgehead atoms. The van der Waals surface area contributed by atoms with Crippen LogP contribution in [0.3, 0.4) is 0 Å². The summed E-state index contributed by atoms with van der Waals surface area (Å²) in [7, 11) is 0. The van der Waals surface area contributed by atoms with E-state index >= 15 is 0 Å². The van der Waals surface area contributed by atoms with Crippen molar-refractivity contribution in [2.24, 2.45) is 0 Å². The summed E-state index contributed by atoms with van der Waals surface area (Å²) in [5.41, 5.74) is 8.36. The fourth-order valence-corrected chi connectivity index (χ4v) is 1.96. The number of carbonyl (C=O) groups excluding carboxylic acids is 1. The Morgan fingerprint density at radius 1 is 1.43 bits per heavy atom. The minimum atomic E-state index is -0.422. The number of aromatic nitrogens is 2. The van der Waals surface area contributed by atoms with Gasteiger partial charge in [-0.05, 0) is 38.0 Å². The molecule has 1 atom stereocenters. The minimum absolute atomic E-state index is 0.148. The molecule has 0 saturated carbocycles. The second-order valence-corrected chi connectivity index (χ2v) is 5.16. The molecule has 0 amide bonds. The summed E-state index contributed by atoms with van der Waals surface area (Å²) in [6.45, 7) is 6.21. The largest absolute Gasteiger partial charge is 0.455 e. The maximum Gasteiger partial charge on any atom is 0.340 e. The summed E-state index contributed by atoms with van der Waals surface area (Å²) in [4.78, 5) is 12.1. The first kappa shape index (κ1) is 15.1. The van der Waals surface area contributed by atoms with Gasteiger partial charge in [0, 0.05) is 17.9 Å². The molecule has 0 radical (unpaired) electrons. The average molecular weight is 287 g/mol. The number of rotatable bonds is 5. The highest BCUT2D eigenvalue weighted by molar-refractivity contribution is 5.95. The number of nitrogen functional groups attached to an aromatic ring is 1. The van der Waals surface area contributed by atoms with Crippen LogP contribution in [0.2, 0.25) is 0 Å². The first-order valence-electron chi connectivity index (χ1n) is 7.09. The molecule has 0 aliphatic rings. The second-order valence-electron chi connectivity index (χ2n) is 5.16. The SMILES string of the molecule is CCC(C)n1ccc(COC(=O)c2cccc(C)c2N)n1. The highest BCUT2D eigenvalue weighted by Crippen LogP contribution is 2.18. The van der Waals surface area contributed by atoms with Gasteiger partial charge in [-0.1, -0.05) is 19.1 Å². The van der Waals surface area contributed by atoms with Crippen LogP contribution in [0.15, 0.2) is 30.5 Å². The highest BCUT2D eigenvalue weighted by Gasteiger charge is 2.13. The molecule has 0 aliphatic heterocycles. The number of hydrogen-bond acceptors (Lipinski definition) is 4. The van der Waals surface area contributed by atoms with Gasteiger partial charge in [0.1, 0.15) is 6.61 Å². The van der Waals surface area contributed by atoms with Crippen LogP contribution in [0.1, 0.15) is 47.9 Å². The van der Waals surface area contributed by atoms with E-state index < -0.39 is 5.97 Å². The standard InChI is InChI=1S/C16H21N3O2/c1-4-12(3)19-9-8-13(18-19)10-21-16(20)14-7-5-6-11(2)15(14)17/h5-9,12H,4,10,17H2,1-3H3. The van der Waals surface area contributed by atoms with Crippen LogP contribution in [0, 0.1) is 6.92 Å². The minimum Gasteiger partial charge on any atom is -0.455 e. The van der Waals surface area contributed by atoms with Gasteiger partial charge in [0.05, 0.1) is 11.3 Å². The van der Waals surface area contributed by atoms with Gasteiger partial charge in [0.15, 0.2) is 0 Å². The molecule has 0 fully saturated rings. The first-order chi connectivity index (χ1) is 10.0. The van der Waals surface area contributed by atoms with Crippen LogP contribution >= 0.6 is 0 Å². The van der Waals surface area contributed by atoms with E-state index in [1.165, 1.54) is 0 Å². The van der Waals surface area contributed by atoms with E-state index in [0.717, 1.165) is 17.7 Å². The molecular weight excluding hydrogens is 266 g/mol. The van der Waals surface area contributed by atoms with E-state index in [1.807, 2.05) is 29.9 Å². The van der Waals surface area contributed by atoms with E-state index in [-0.39, 0.29) is 6.61 Å². The predicted octanol–water partition coefficient (Wildman–Crippen LogP) is 3.10. The van der Waals surface area contributed by atoms with Gasteiger partial charge in [0.2, 0.25) is 0 Å². The van der Waals surface area contributed by atoms with Crippen LogP contribution in [-0.4, -0.2) is 15.7 Å². The van der Waals surface area contributed by atoms with Crippen molar-refractivity contribution in [2.45, 2.75) is 39.8 Å². The molecule has 0 saturated heterocycles. The van der Waals surface area contributed by atoms with Gasteiger partial charge >= 0.3 is 5.97 Å². The van der Waals surface area contributed by atoms with Crippen molar-refractivity contribution in [3.8, 4) is 0 Å². The van der Waals surface area contributed by atoms with E-state index in [1.54, 1.807) is 12.1 Å². The Morgan fingerprint density at radius 2 is 2.19 bits per heavy atom. The van der Waals surface area contributed by atoms with Gasteiger partial charge < -0.3 is 10.5 Å². The van der Waals surface area contributed by atoms with Crippen LogP contribution in [-0.2, 0) is 11.3 Å². The van der Waals surface area contributed by atoms with Gasteiger partial charge in [-0.2, -0.15) is 5.10 Å². The van der Waals surface area contributed by atoms with Crippen molar-refractivity contribution in [3.05, 3.63) is 47.3 Å². The Labute approximate surface area is 124 Å². The summed E-state index contributed by atoms with van der Waals surface area (Å²) in [5.74, 6) is -0.422. The summed E-state index contributed by atoms with van der Waals surface area (Å²) >= 11 is 0. The van der Waals surface area contributed by atoms with E-state index in [0.29, 0.717) is 17.3 Å². The number of nitrogens with zero attached hydrogens (tertiary/aromatic N) is 2. The maximum absolute atomic E-state index is 12.1. The zero-order chi connectivity index (χ0) is 15.4. The number of benzene rings is 1. The van der Waals surface area contributed by atoms with Gasteiger partial charge in [-0.3, -0.25) is 4.68 Å². The van der Waals surface area contributed by atoms with Crippen molar-refractivity contribution < 1.29 is 9.53 Å². The van der Waals surface area contributed by atoms with E-state index in [2.05, 4.69) is 18.9 Å². The fraction of sp³-hybridized carbons (Fsp3) is 0.375. The van der Waals surface area contributed by atoms with Crippen molar-refractivity contribution in [2.75, 3.05) is 5.73 Å². The summed E-state index contributed by atoms with van der Waals surface area (Å²) in [6.07, 6.45) is 2.90. The second kappa shape index (κ2) is 6.43. The number of ether oxygens (including phenoxy) is 1. The lowest BCUT2D eigenvalue weighted by molar-refractivity contribution is 0.0468. The molecule has 1 unspecified atom stereocenters. The number of hydrogen-bond donors (Lipinski definition) is 1. The Kier molecular flexibility index (Phi) is 4.62. The van der Waals surface area contributed by atoms with Crippen LogP contribution in [0.5, 0.6) is 0 Å². The smallest absolute Gasteiger partial charge is 0.340 e. The van der Waals surface area contributed by atoms with Gasteiger partial charge in [-0.15, -0.1) is 0 Å². The maximum atomic E-state index is 12.1. The lowest BCUT2D eigenvalue weighted by Crippen LogP contribution is -2.10. The molecule has 1 aromatic carbocycles. The Morgan fingerprint density at radius 3 is 2.90 bits per heavy atom. The van der Waals surface area contributed by atoms with Crippen molar-refractivity contribution in [1.82, 2.24) is 9.78 Å². The molecule has 5 heteroatoms. The fourth-order valence-electron chi connectivity index (χ4n) is 1.96. The normalized spacial score (nSPS) is 12.1. The Hall–Kier alpha value is -2.30. The van der Waals surface area contributed by atoms with Crippen LogP contribution < -0.4 is 5.73 Å². The van der Waals surface area contributed by atoms with Crippen LogP contribution in [0.4, 0.5) is 5.69 Å². The number of aryl methyl sites for hydroxylation is 1. The monoisotopic (exact) mass is 287 g/mol. The first-order valence-corrected chi connectivity index (χ1v) is 7.09. The quantitative estimate of drug-likeness (QED) is 0.677. The molecule has 5 nitrogen and oxygen atoms in total. The third-order valence-electron chi connectivity index (χ3n) is 3.60.